The Bertz CT molecular complexity index is 362. The van der Waals surface area contributed by atoms with Crippen LogP contribution >= 0.6 is 0 Å². The monoisotopic (exact) mass is 299 g/mol. The van der Waals surface area contributed by atoms with Crippen molar-refractivity contribution in [3.05, 3.63) is 0 Å². The standard InChI is InChI=1S/C16H29NO4/c1-11-5-6-12(21-11)7-8-14(18)17-13(15(19)20)9-10-16(2,3)4/h11-13H,5-10H2,1-4H3,(H,17,18)(H,19,20). The summed E-state index contributed by atoms with van der Waals surface area (Å²) in [6, 6.07) is -0.792. The van der Waals surface area contributed by atoms with Crippen LogP contribution < -0.4 is 5.32 Å². The molecule has 5 heteroatoms. The van der Waals surface area contributed by atoms with Gasteiger partial charge in [0.2, 0.25) is 5.91 Å². The van der Waals surface area contributed by atoms with Gasteiger partial charge in [0.05, 0.1) is 12.2 Å². The molecule has 0 aliphatic carbocycles. The summed E-state index contributed by atoms with van der Waals surface area (Å²) in [7, 11) is 0. The van der Waals surface area contributed by atoms with Crippen molar-refractivity contribution in [2.24, 2.45) is 5.41 Å². The molecule has 1 aliphatic heterocycles. The molecule has 0 spiro atoms. The Morgan fingerprint density at radius 2 is 2.00 bits per heavy atom. The van der Waals surface area contributed by atoms with Gasteiger partial charge in [0.25, 0.3) is 0 Å². The molecular weight excluding hydrogens is 270 g/mol. The average Bonchev–Trinajstić information content (AvgIpc) is 2.76. The molecule has 3 unspecified atom stereocenters. The molecule has 2 N–H and O–H groups in total. The van der Waals surface area contributed by atoms with Crippen LogP contribution in [0.4, 0.5) is 0 Å². The molecule has 0 radical (unpaired) electrons. The highest BCUT2D eigenvalue weighted by Gasteiger charge is 2.25. The summed E-state index contributed by atoms with van der Waals surface area (Å²) in [6.45, 7) is 8.22. The average molecular weight is 299 g/mol. The van der Waals surface area contributed by atoms with Gasteiger partial charge in [0.15, 0.2) is 0 Å². The molecule has 122 valence electrons. The van der Waals surface area contributed by atoms with Crippen molar-refractivity contribution in [1.29, 1.82) is 0 Å². The van der Waals surface area contributed by atoms with Gasteiger partial charge >= 0.3 is 5.97 Å². The SMILES string of the molecule is CC1CCC(CCC(=O)NC(CCC(C)(C)C)C(=O)O)O1. The maximum atomic E-state index is 11.9. The molecule has 0 bridgehead atoms. The summed E-state index contributed by atoms with van der Waals surface area (Å²) < 4.78 is 5.66. The molecule has 1 saturated heterocycles. The Morgan fingerprint density at radius 1 is 1.33 bits per heavy atom. The fraction of sp³-hybridized carbons (Fsp3) is 0.875. The minimum Gasteiger partial charge on any atom is -0.480 e. The van der Waals surface area contributed by atoms with Crippen LogP contribution in [0.15, 0.2) is 0 Å². The summed E-state index contributed by atoms with van der Waals surface area (Å²) in [6.07, 6.45) is 4.66. The number of rotatable bonds is 7. The Hall–Kier alpha value is -1.10. The van der Waals surface area contributed by atoms with Gasteiger partial charge in [-0.3, -0.25) is 4.79 Å². The lowest BCUT2D eigenvalue weighted by molar-refractivity contribution is -0.142. The second-order valence-corrected chi connectivity index (χ2v) is 7.24. The van der Waals surface area contributed by atoms with E-state index < -0.39 is 12.0 Å². The summed E-state index contributed by atoms with van der Waals surface area (Å²) in [5.41, 5.74) is 0.0618. The first kappa shape index (κ1) is 18.0. The summed E-state index contributed by atoms with van der Waals surface area (Å²) in [5.74, 6) is -1.15. The molecule has 1 fully saturated rings. The van der Waals surface area contributed by atoms with Crippen LogP contribution in [0.3, 0.4) is 0 Å². The van der Waals surface area contributed by atoms with E-state index in [2.05, 4.69) is 26.1 Å². The third kappa shape index (κ3) is 7.46. The first-order valence-electron chi connectivity index (χ1n) is 7.85. The Balaban J connectivity index is 2.33. The molecule has 0 aromatic rings. The molecule has 0 aromatic heterocycles. The number of carboxylic acid groups (broad SMARTS) is 1. The lowest BCUT2D eigenvalue weighted by atomic mass is 9.88. The number of hydrogen-bond acceptors (Lipinski definition) is 3. The predicted octanol–water partition coefficient (Wildman–Crippen LogP) is 2.73. The quantitative estimate of drug-likeness (QED) is 0.758. The van der Waals surface area contributed by atoms with Crippen molar-refractivity contribution in [3.63, 3.8) is 0 Å². The van der Waals surface area contributed by atoms with E-state index in [-0.39, 0.29) is 23.5 Å². The number of ether oxygens (including phenoxy) is 1. The van der Waals surface area contributed by atoms with E-state index in [0.717, 1.165) is 19.3 Å². The van der Waals surface area contributed by atoms with Crippen molar-refractivity contribution in [2.45, 2.75) is 84.5 Å². The van der Waals surface area contributed by atoms with E-state index >= 15 is 0 Å². The molecule has 1 aliphatic rings. The lowest BCUT2D eigenvalue weighted by Crippen LogP contribution is -2.41. The smallest absolute Gasteiger partial charge is 0.326 e. The van der Waals surface area contributed by atoms with E-state index in [1.807, 2.05) is 6.92 Å². The minimum atomic E-state index is -0.960. The third-order valence-electron chi connectivity index (χ3n) is 3.83. The molecule has 0 aromatic carbocycles. The summed E-state index contributed by atoms with van der Waals surface area (Å²) in [4.78, 5) is 23.1. The van der Waals surface area contributed by atoms with Gasteiger partial charge in [-0.15, -0.1) is 0 Å². The second kappa shape index (κ2) is 7.78. The number of aliphatic carboxylic acids is 1. The highest BCUT2D eigenvalue weighted by Crippen LogP contribution is 2.23. The fourth-order valence-corrected chi connectivity index (χ4v) is 2.49. The van der Waals surface area contributed by atoms with Gasteiger partial charge in [-0.1, -0.05) is 20.8 Å². The third-order valence-corrected chi connectivity index (χ3v) is 3.83. The van der Waals surface area contributed by atoms with E-state index in [1.54, 1.807) is 0 Å². The largest absolute Gasteiger partial charge is 0.480 e. The molecule has 5 nitrogen and oxygen atoms in total. The van der Waals surface area contributed by atoms with E-state index in [4.69, 9.17) is 4.74 Å². The maximum absolute atomic E-state index is 11.9. The molecule has 0 saturated carbocycles. The van der Waals surface area contributed by atoms with Gasteiger partial charge in [0.1, 0.15) is 6.04 Å². The lowest BCUT2D eigenvalue weighted by Gasteiger charge is -2.21. The summed E-state index contributed by atoms with van der Waals surface area (Å²) in [5, 5.41) is 11.8. The Labute approximate surface area is 127 Å². The zero-order chi connectivity index (χ0) is 16.0. The number of carbonyl (C=O) groups is 2. The number of amides is 1. The number of carbonyl (C=O) groups excluding carboxylic acids is 1. The first-order chi connectivity index (χ1) is 9.67. The Morgan fingerprint density at radius 3 is 2.48 bits per heavy atom. The van der Waals surface area contributed by atoms with Gasteiger partial charge in [-0.25, -0.2) is 4.79 Å². The van der Waals surface area contributed by atoms with Gasteiger partial charge in [0, 0.05) is 6.42 Å². The van der Waals surface area contributed by atoms with E-state index in [9.17, 15) is 14.7 Å². The van der Waals surface area contributed by atoms with Crippen molar-refractivity contribution in [2.75, 3.05) is 0 Å². The highest BCUT2D eigenvalue weighted by molar-refractivity contribution is 5.83. The molecular formula is C16H29NO4. The van der Waals surface area contributed by atoms with Crippen LogP contribution in [0.5, 0.6) is 0 Å². The second-order valence-electron chi connectivity index (χ2n) is 7.24. The van der Waals surface area contributed by atoms with Crippen LogP contribution in [-0.2, 0) is 14.3 Å². The predicted molar refractivity (Wildman–Crippen MR) is 81.1 cm³/mol. The van der Waals surface area contributed by atoms with Crippen LogP contribution in [0, 0.1) is 5.41 Å². The molecule has 3 atom stereocenters. The number of hydrogen-bond donors (Lipinski definition) is 2. The highest BCUT2D eigenvalue weighted by atomic mass is 16.5. The van der Waals surface area contributed by atoms with Crippen LogP contribution in [0.1, 0.15) is 66.2 Å². The minimum absolute atomic E-state index is 0.0618. The number of nitrogens with one attached hydrogen (secondary N) is 1. The topological polar surface area (TPSA) is 75.6 Å². The first-order valence-corrected chi connectivity index (χ1v) is 7.85. The van der Waals surface area contributed by atoms with Crippen molar-refractivity contribution < 1.29 is 19.4 Å². The summed E-state index contributed by atoms with van der Waals surface area (Å²) >= 11 is 0. The van der Waals surface area contributed by atoms with Crippen LogP contribution in [-0.4, -0.2) is 35.2 Å². The van der Waals surface area contributed by atoms with Crippen molar-refractivity contribution in [3.8, 4) is 0 Å². The molecule has 1 heterocycles. The van der Waals surface area contributed by atoms with E-state index in [1.165, 1.54) is 0 Å². The van der Waals surface area contributed by atoms with E-state index in [0.29, 0.717) is 19.3 Å². The fourth-order valence-electron chi connectivity index (χ4n) is 2.49. The van der Waals surface area contributed by atoms with Crippen LogP contribution in [0.25, 0.3) is 0 Å². The molecule has 21 heavy (non-hydrogen) atoms. The van der Waals surface area contributed by atoms with Gasteiger partial charge in [-0.05, 0) is 44.4 Å². The van der Waals surface area contributed by atoms with Gasteiger partial charge in [-0.2, -0.15) is 0 Å². The maximum Gasteiger partial charge on any atom is 0.326 e. The zero-order valence-electron chi connectivity index (χ0n) is 13.6. The Kier molecular flexibility index (Phi) is 6.65. The number of carboxylic acids is 1. The molecule has 1 amide bonds. The molecule has 1 rings (SSSR count). The van der Waals surface area contributed by atoms with Gasteiger partial charge < -0.3 is 15.2 Å². The van der Waals surface area contributed by atoms with Crippen molar-refractivity contribution >= 4 is 11.9 Å². The van der Waals surface area contributed by atoms with Crippen molar-refractivity contribution in [1.82, 2.24) is 5.32 Å². The zero-order valence-corrected chi connectivity index (χ0v) is 13.6. The van der Waals surface area contributed by atoms with Crippen LogP contribution in [0.2, 0.25) is 0 Å². The normalized spacial score (nSPS) is 23.8.